The number of nitrogens with one attached hydrogen (secondary N) is 2. The van der Waals surface area contributed by atoms with Crippen molar-refractivity contribution in [2.75, 3.05) is 5.32 Å². The van der Waals surface area contributed by atoms with Crippen LogP contribution < -0.4 is 15.4 Å². The highest BCUT2D eigenvalue weighted by atomic mass is 16.5. The summed E-state index contributed by atoms with van der Waals surface area (Å²) in [6.07, 6.45) is 9.65. The Morgan fingerprint density at radius 3 is 2.58 bits per heavy atom. The number of carbonyl (C=O) groups is 3. The first-order valence-electron chi connectivity index (χ1n) is 10.6. The van der Waals surface area contributed by atoms with Gasteiger partial charge in [-0.15, -0.1) is 0 Å². The molecule has 0 aliphatic heterocycles. The fraction of sp³-hybridized carbons (Fsp3) is 0.320. The van der Waals surface area contributed by atoms with Gasteiger partial charge in [-0.1, -0.05) is 49.6 Å². The van der Waals surface area contributed by atoms with Crippen LogP contribution in [0, 0.1) is 5.92 Å². The monoisotopic (exact) mass is 420 g/mol. The van der Waals surface area contributed by atoms with Crippen LogP contribution in [-0.4, -0.2) is 17.8 Å². The molecule has 0 radical (unpaired) electrons. The number of rotatable bonds is 7. The zero-order valence-corrected chi connectivity index (χ0v) is 17.7. The van der Waals surface area contributed by atoms with Crippen molar-refractivity contribution in [1.82, 2.24) is 5.32 Å². The van der Waals surface area contributed by atoms with E-state index in [1.54, 1.807) is 24.3 Å². The SMILES string of the molecule is CC(=O)Oc1cccc(C(=O)NCc2ccccc2NC(=O)/C=C/C2CCCCC2)c1. The van der Waals surface area contributed by atoms with E-state index in [0.717, 1.165) is 18.4 Å². The van der Waals surface area contributed by atoms with Crippen molar-refractivity contribution in [3.05, 3.63) is 71.8 Å². The molecule has 162 valence electrons. The van der Waals surface area contributed by atoms with E-state index >= 15 is 0 Å². The maximum atomic E-state index is 12.5. The predicted molar refractivity (Wildman–Crippen MR) is 120 cm³/mol. The topological polar surface area (TPSA) is 84.5 Å². The second kappa shape index (κ2) is 11.1. The molecule has 1 fully saturated rings. The van der Waals surface area contributed by atoms with Crippen LogP contribution in [-0.2, 0) is 16.1 Å². The third kappa shape index (κ3) is 7.10. The number of carbonyl (C=O) groups excluding carboxylic acids is 3. The van der Waals surface area contributed by atoms with Crippen molar-refractivity contribution in [3.8, 4) is 5.75 Å². The van der Waals surface area contributed by atoms with Crippen LogP contribution >= 0.6 is 0 Å². The van der Waals surface area contributed by atoms with Gasteiger partial charge >= 0.3 is 5.97 Å². The number of anilines is 1. The Labute approximate surface area is 182 Å². The number of ether oxygens (including phenoxy) is 1. The molecular weight excluding hydrogens is 392 g/mol. The Balaban J connectivity index is 1.59. The summed E-state index contributed by atoms with van der Waals surface area (Å²) in [5, 5.41) is 5.75. The number of hydrogen-bond acceptors (Lipinski definition) is 4. The zero-order valence-electron chi connectivity index (χ0n) is 17.7. The second-order valence-corrected chi connectivity index (χ2v) is 7.71. The van der Waals surface area contributed by atoms with Crippen LogP contribution in [0.5, 0.6) is 5.75 Å². The van der Waals surface area contributed by atoms with Gasteiger partial charge in [0.25, 0.3) is 5.91 Å². The van der Waals surface area contributed by atoms with Crippen molar-refractivity contribution in [2.45, 2.75) is 45.6 Å². The Morgan fingerprint density at radius 2 is 1.81 bits per heavy atom. The molecule has 3 rings (SSSR count). The standard InChI is InChI=1S/C25H28N2O4/c1-18(28)31-22-12-7-11-20(16-22)25(30)26-17-21-10-5-6-13-23(21)27-24(29)15-14-19-8-3-2-4-9-19/h5-7,10-16,19H,2-4,8-9,17H2,1H3,(H,26,30)(H,27,29)/b15-14+. The Morgan fingerprint density at radius 1 is 1.03 bits per heavy atom. The highest BCUT2D eigenvalue weighted by Crippen LogP contribution is 2.24. The second-order valence-electron chi connectivity index (χ2n) is 7.71. The molecule has 2 aromatic rings. The molecule has 1 aliphatic rings. The molecule has 0 saturated heterocycles. The van der Waals surface area contributed by atoms with E-state index in [1.165, 1.54) is 32.3 Å². The Kier molecular flexibility index (Phi) is 7.98. The molecule has 1 aliphatic carbocycles. The van der Waals surface area contributed by atoms with Crippen molar-refractivity contribution >= 4 is 23.5 Å². The lowest BCUT2D eigenvalue weighted by molar-refractivity contribution is -0.131. The molecule has 0 unspecified atom stereocenters. The summed E-state index contributed by atoms with van der Waals surface area (Å²) < 4.78 is 5.02. The summed E-state index contributed by atoms with van der Waals surface area (Å²) in [7, 11) is 0. The fourth-order valence-electron chi connectivity index (χ4n) is 3.67. The maximum absolute atomic E-state index is 12.5. The van der Waals surface area contributed by atoms with Gasteiger partial charge in [-0.25, -0.2) is 0 Å². The molecule has 0 bridgehead atoms. The van der Waals surface area contributed by atoms with E-state index < -0.39 is 5.97 Å². The van der Waals surface area contributed by atoms with Gasteiger partial charge in [-0.2, -0.15) is 0 Å². The van der Waals surface area contributed by atoms with Gasteiger partial charge in [0, 0.05) is 24.7 Å². The minimum absolute atomic E-state index is 0.168. The molecule has 31 heavy (non-hydrogen) atoms. The molecule has 0 heterocycles. The van der Waals surface area contributed by atoms with Crippen molar-refractivity contribution < 1.29 is 19.1 Å². The lowest BCUT2D eigenvalue weighted by atomic mass is 9.89. The molecule has 2 amide bonds. The molecule has 2 aromatic carbocycles. The molecule has 0 spiro atoms. The normalized spacial score (nSPS) is 14.2. The average molecular weight is 421 g/mol. The van der Waals surface area contributed by atoms with E-state index in [9.17, 15) is 14.4 Å². The lowest BCUT2D eigenvalue weighted by Gasteiger charge is -2.17. The fourth-order valence-corrected chi connectivity index (χ4v) is 3.67. The largest absolute Gasteiger partial charge is 0.427 e. The Hall–Kier alpha value is -3.41. The highest BCUT2D eigenvalue weighted by Gasteiger charge is 2.12. The van der Waals surface area contributed by atoms with Gasteiger partial charge in [0.1, 0.15) is 5.75 Å². The first-order valence-corrected chi connectivity index (χ1v) is 10.6. The number of esters is 1. The van der Waals surface area contributed by atoms with E-state index in [1.807, 2.05) is 30.3 Å². The number of hydrogen-bond donors (Lipinski definition) is 2. The smallest absolute Gasteiger partial charge is 0.308 e. The lowest BCUT2D eigenvalue weighted by Crippen LogP contribution is -2.23. The number of para-hydroxylation sites is 1. The molecule has 6 heteroatoms. The molecular formula is C25H28N2O4. The van der Waals surface area contributed by atoms with Gasteiger partial charge in [0.2, 0.25) is 5.91 Å². The van der Waals surface area contributed by atoms with E-state index in [-0.39, 0.29) is 18.4 Å². The minimum atomic E-state index is -0.445. The summed E-state index contributed by atoms with van der Waals surface area (Å²) in [6.45, 7) is 1.56. The van der Waals surface area contributed by atoms with Crippen LogP contribution in [0.2, 0.25) is 0 Å². The van der Waals surface area contributed by atoms with Crippen LogP contribution in [0.25, 0.3) is 0 Å². The first kappa shape index (κ1) is 22.3. The summed E-state index contributed by atoms with van der Waals surface area (Å²) in [5.41, 5.74) is 1.84. The van der Waals surface area contributed by atoms with Crippen LogP contribution in [0.1, 0.15) is 54.9 Å². The third-order valence-electron chi connectivity index (χ3n) is 5.24. The van der Waals surface area contributed by atoms with E-state index in [0.29, 0.717) is 22.9 Å². The minimum Gasteiger partial charge on any atom is -0.427 e. The van der Waals surface area contributed by atoms with Gasteiger partial charge < -0.3 is 15.4 Å². The number of amides is 2. The molecule has 0 atom stereocenters. The third-order valence-corrected chi connectivity index (χ3v) is 5.24. The van der Waals surface area contributed by atoms with Gasteiger partial charge in [-0.05, 0) is 54.7 Å². The zero-order chi connectivity index (χ0) is 22.1. The highest BCUT2D eigenvalue weighted by molar-refractivity contribution is 6.00. The van der Waals surface area contributed by atoms with Gasteiger partial charge in [0.15, 0.2) is 0 Å². The predicted octanol–water partition coefficient (Wildman–Crippen LogP) is 4.62. The number of benzene rings is 2. The molecule has 6 nitrogen and oxygen atoms in total. The summed E-state index contributed by atoms with van der Waals surface area (Å²) in [5.74, 6) is -0.111. The van der Waals surface area contributed by atoms with Crippen LogP contribution in [0.3, 0.4) is 0 Å². The summed E-state index contributed by atoms with van der Waals surface area (Å²) >= 11 is 0. The summed E-state index contributed by atoms with van der Waals surface area (Å²) in [4.78, 5) is 36.0. The van der Waals surface area contributed by atoms with Gasteiger partial charge in [-0.3, -0.25) is 14.4 Å². The Bertz CT molecular complexity index is 961. The molecule has 0 aromatic heterocycles. The van der Waals surface area contributed by atoms with E-state index in [4.69, 9.17) is 4.74 Å². The van der Waals surface area contributed by atoms with Crippen LogP contribution in [0.4, 0.5) is 5.69 Å². The first-order chi connectivity index (χ1) is 15.0. The van der Waals surface area contributed by atoms with Crippen LogP contribution in [0.15, 0.2) is 60.7 Å². The summed E-state index contributed by atoms with van der Waals surface area (Å²) in [6, 6.07) is 13.8. The molecule has 1 saturated carbocycles. The van der Waals surface area contributed by atoms with Crippen molar-refractivity contribution in [1.29, 1.82) is 0 Å². The molecule has 2 N–H and O–H groups in total. The van der Waals surface area contributed by atoms with Crippen molar-refractivity contribution in [2.24, 2.45) is 5.92 Å². The van der Waals surface area contributed by atoms with Gasteiger partial charge in [0.05, 0.1) is 0 Å². The van der Waals surface area contributed by atoms with E-state index in [2.05, 4.69) is 10.6 Å². The van der Waals surface area contributed by atoms with Crippen molar-refractivity contribution in [3.63, 3.8) is 0 Å². The average Bonchev–Trinajstić information content (AvgIpc) is 2.77. The number of allylic oxidation sites excluding steroid dienone is 1. The quantitative estimate of drug-likeness (QED) is 0.389. The maximum Gasteiger partial charge on any atom is 0.308 e.